The minimum Gasteiger partial charge on any atom is -0.489 e. The highest BCUT2D eigenvalue weighted by atomic mass is 16.5. The van der Waals surface area contributed by atoms with E-state index < -0.39 is 0 Å². The van der Waals surface area contributed by atoms with Crippen LogP contribution >= 0.6 is 0 Å². The lowest BCUT2D eigenvalue weighted by Crippen LogP contribution is -2.02. The fourth-order valence-electron chi connectivity index (χ4n) is 2.22. The molecule has 2 nitrogen and oxygen atoms in total. The zero-order valence-corrected chi connectivity index (χ0v) is 12.1. The van der Waals surface area contributed by atoms with Gasteiger partial charge >= 0.3 is 0 Å². The highest BCUT2D eigenvalue weighted by Crippen LogP contribution is 2.23. The van der Waals surface area contributed by atoms with Crippen LogP contribution in [0.2, 0.25) is 0 Å². The maximum atomic E-state index is 5.79. The fraction of sp³-hybridized carbons (Fsp3) is 0.333. The van der Waals surface area contributed by atoms with Gasteiger partial charge in [0.1, 0.15) is 12.4 Å². The van der Waals surface area contributed by atoms with Gasteiger partial charge < -0.3 is 10.5 Å². The molecule has 0 fully saturated rings. The van der Waals surface area contributed by atoms with Crippen LogP contribution in [0.4, 0.5) is 0 Å². The molecule has 0 saturated heterocycles. The zero-order valence-electron chi connectivity index (χ0n) is 12.1. The average molecular weight is 269 g/mol. The van der Waals surface area contributed by atoms with E-state index in [0.717, 1.165) is 25.1 Å². The van der Waals surface area contributed by atoms with Crippen molar-refractivity contribution in [1.82, 2.24) is 0 Å². The minimum atomic E-state index is 0.557. The summed E-state index contributed by atoms with van der Waals surface area (Å²) in [4.78, 5) is 0. The molecule has 1 atom stereocenters. The van der Waals surface area contributed by atoms with Gasteiger partial charge in [0, 0.05) is 0 Å². The molecular weight excluding hydrogens is 246 g/mol. The van der Waals surface area contributed by atoms with Crippen molar-refractivity contribution in [2.24, 2.45) is 5.73 Å². The third-order valence-electron chi connectivity index (χ3n) is 3.54. The summed E-state index contributed by atoms with van der Waals surface area (Å²) in [5, 5.41) is 0. The highest BCUT2D eigenvalue weighted by Gasteiger charge is 2.05. The number of ether oxygens (including phenoxy) is 1. The maximum Gasteiger partial charge on any atom is 0.119 e. The Morgan fingerprint density at radius 3 is 2.35 bits per heavy atom. The Morgan fingerprint density at radius 2 is 1.70 bits per heavy atom. The Bertz CT molecular complexity index is 493. The van der Waals surface area contributed by atoms with Crippen molar-refractivity contribution in [3.63, 3.8) is 0 Å². The van der Waals surface area contributed by atoms with Crippen LogP contribution in [0.3, 0.4) is 0 Å². The van der Waals surface area contributed by atoms with E-state index in [9.17, 15) is 0 Å². The quantitative estimate of drug-likeness (QED) is 0.821. The number of nitrogens with two attached hydrogens (primary N) is 1. The normalized spacial score (nSPS) is 12.1. The van der Waals surface area contributed by atoms with Crippen molar-refractivity contribution >= 4 is 0 Å². The van der Waals surface area contributed by atoms with E-state index in [4.69, 9.17) is 10.5 Å². The molecule has 2 aromatic rings. The van der Waals surface area contributed by atoms with Gasteiger partial charge in [-0.15, -0.1) is 0 Å². The summed E-state index contributed by atoms with van der Waals surface area (Å²) in [7, 11) is 0. The lowest BCUT2D eigenvalue weighted by molar-refractivity contribution is 0.306. The predicted molar refractivity (Wildman–Crippen MR) is 83.9 cm³/mol. The van der Waals surface area contributed by atoms with Gasteiger partial charge in [-0.2, -0.15) is 0 Å². The van der Waals surface area contributed by atoms with Crippen molar-refractivity contribution < 1.29 is 4.74 Å². The Kier molecular flexibility index (Phi) is 5.63. The van der Waals surface area contributed by atoms with Crippen molar-refractivity contribution in [3.8, 4) is 5.75 Å². The van der Waals surface area contributed by atoms with Crippen molar-refractivity contribution in [2.75, 3.05) is 6.54 Å². The van der Waals surface area contributed by atoms with Crippen LogP contribution in [0.25, 0.3) is 0 Å². The topological polar surface area (TPSA) is 35.2 Å². The molecule has 2 N–H and O–H groups in total. The summed E-state index contributed by atoms with van der Waals surface area (Å²) in [5.41, 5.74) is 8.09. The molecule has 2 heteroatoms. The van der Waals surface area contributed by atoms with Gasteiger partial charge in [-0.25, -0.2) is 0 Å². The standard InChI is InChI=1S/C18H23NO/c1-15(6-5-13-19)17-9-11-18(12-10-17)20-14-16-7-3-2-4-8-16/h2-4,7-12,15H,5-6,13-14,19H2,1H3. The lowest BCUT2D eigenvalue weighted by atomic mass is 9.96. The molecule has 0 bridgehead atoms. The molecule has 106 valence electrons. The first-order chi connectivity index (χ1) is 9.79. The molecule has 0 saturated carbocycles. The van der Waals surface area contributed by atoms with Crippen LogP contribution in [0.15, 0.2) is 54.6 Å². The molecule has 20 heavy (non-hydrogen) atoms. The first kappa shape index (κ1) is 14.6. The van der Waals surface area contributed by atoms with E-state index in [1.165, 1.54) is 11.1 Å². The number of hydrogen-bond donors (Lipinski definition) is 1. The van der Waals surface area contributed by atoms with Crippen LogP contribution < -0.4 is 10.5 Å². The fourth-order valence-corrected chi connectivity index (χ4v) is 2.22. The zero-order chi connectivity index (χ0) is 14.2. The molecule has 1 unspecified atom stereocenters. The van der Waals surface area contributed by atoms with E-state index in [-0.39, 0.29) is 0 Å². The van der Waals surface area contributed by atoms with Gasteiger partial charge in [0.15, 0.2) is 0 Å². The van der Waals surface area contributed by atoms with Gasteiger partial charge in [-0.05, 0) is 48.6 Å². The van der Waals surface area contributed by atoms with Crippen LogP contribution in [0.1, 0.15) is 36.8 Å². The number of rotatable bonds is 7. The minimum absolute atomic E-state index is 0.557. The molecule has 0 heterocycles. The SMILES string of the molecule is CC(CCCN)c1ccc(OCc2ccccc2)cc1. The van der Waals surface area contributed by atoms with Gasteiger partial charge in [-0.3, -0.25) is 0 Å². The molecule has 2 aromatic carbocycles. The molecule has 0 aromatic heterocycles. The Balaban J connectivity index is 1.88. The van der Waals surface area contributed by atoms with Crippen LogP contribution in [0.5, 0.6) is 5.75 Å². The van der Waals surface area contributed by atoms with Gasteiger partial charge in [0.25, 0.3) is 0 Å². The van der Waals surface area contributed by atoms with Gasteiger partial charge in [0.05, 0.1) is 0 Å². The first-order valence-electron chi connectivity index (χ1n) is 7.26. The second-order valence-corrected chi connectivity index (χ2v) is 5.18. The Labute approximate surface area is 121 Å². The second-order valence-electron chi connectivity index (χ2n) is 5.18. The predicted octanol–water partition coefficient (Wildman–Crippen LogP) is 4.11. The molecule has 2 rings (SSSR count). The molecule has 0 amide bonds. The van der Waals surface area contributed by atoms with E-state index in [0.29, 0.717) is 12.5 Å². The van der Waals surface area contributed by atoms with Crippen LogP contribution in [-0.4, -0.2) is 6.54 Å². The van der Waals surface area contributed by atoms with Crippen LogP contribution in [0, 0.1) is 0 Å². The van der Waals surface area contributed by atoms with E-state index in [1.54, 1.807) is 0 Å². The summed E-state index contributed by atoms with van der Waals surface area (Å²) in [6, 6.07) is 18.6. The summed E-state index contributed by atoms with van der Waals surface area (Å²) >= 11 is 0. The summed E-state index contributed by atoms with van der Waals surface area (Å²) in [6.07, 6.45) is 2.22. The van der Waals surface area contributed by atoms with Gasteiger partial charge in [-0.1, -0.05) is 49.4 Å². The number of hydrogen-bond acceptors (Lipinski definition) is 2. The lowest BCUT2D eigenvalue weighted by Gasteiger charge is -2.12. The smallest absolute Gasteiger partial charge is 0.119 e. The summed E-state index contributed by atoms with van der Waals surface area (Å²) < 4.78 is 5.79. The van der Waals surface area contributed by atoms with E-state index in [1.807, 2.05) is 18.2 Å². The largest absolute Gasteiger partial charge is 0.489 e. The summed E-state index contributed by atoms with van der Waals surface area (Å²) in [6.45, 7) is 3.63. The third kappa shape index (κ3) is 4.39. The molecule has 0 aliphatic heterocycles. The Morgan fingerprint density at radius 1 is 1.00 bits per heavy atom. The first-order valence-corrected chi connectivity index (χ1v) is 7.26. The average Bonchev–Trinajstić information content (AvgIpc) is 2.52. The maximum absolute atomic E-state index is 5.79. The molecule has 0 aliphatic rings. The monoisotopic (exact) mass is 269 g/mol. The molecule has 0 radical (unpaired) electrons. The van der Waals surface area contributed by atoms with Crippen molar-refractivity contribution in [1.29, 1.82) is 0 Å². The molecule has 0 spiro atoms. The highest BCUT2D eigenvalue weighted by molar-refractivity contribution is 5.29. The van der Waals surface area contributed by atoms with Crippen LogP contribution in [-0.2, 0) is 6.61 Å². The van der Waals surface area contributed by atoms with E-state index >= 15 is 0 Å². The Hall–Kier alpha value is -1.80. The van der Waals surface area contributed by atoms with E-state index in [2.05, 4.69) is 43.3 Å². The third-order valence-corrected chi connectivity index (χ3v) is 3.54. The summed E-state index contributed by atoms with van der Waals surface area (Å²) in [5.74, 6) is 1.48. The second kappa shape index (κ2) is 7.71. The van der Waals surface area contributed by atoms with Crippen molar-refractivity contribution in [3.05, 3.63) is 65.7 Å². The number of benzene rings is 2. The van der Waals surface area contributed by atoms with Crippen molar-refractivity contribution in [2.45, 2.75) is 32.3 Å². The van der Waals surface area contributed by atoms with Gasteiger partial charge in [0.2, 0.25) is 0 Å². The molecular formula is C18H23NO. The molecule has 0 aliphatic carbocycles.